The molecule has 1 saturated carbocycles. The molecule has 7 nitrogen and oxygen atoms in total. The lowest BCUT2D eigenvalue weighted by Gasteiger charge is -2.30. The van der Waals surface area contributed by atoms with Crippen molar-refractivity contribution >= 4 is 34.9 Å². The Bertz CT molecular complexity index is 874. The molecule has 3 fully saturated rings. The normalized spacial score (nSPS) is 26.5. The molecule has 1 atom stereocenters. The number of carbonyl (C=O) groups is 4. The smallest absolute Gasteiger partial charge is 0.249 e. The third kappa shape index (κ3) is 2.00. The molecule has 2 saturated heterocycles. The summed E-state index contributed by atoms with van der Waals surface area (Å²) >= 11 is 0. The third-order valence-electron chi connectivity index (χ3n) is 6.03. The molecule has 3 heterocycles. The van der Waals surface area contributed by atoms with Crippen LogP contribution in [0.1, 0.15) is 37.7 Å². The van der Waals surface area contributed by atoms with Gasteiger partial charge in [0.15, 0.2) is 5.78 Å². The Labute approximate surface area is 150 Å². The fourth-order valence-corrected chi connectivity index (χ4v) is 4.59. The zero-order valence-corrected chi connectivity index (χ0v) is 14.3. The van der Waals surface area contributed by atoms with Crippen LogP contribution in [0.5, 0.6) is 0 Å². The number of amides is 3. The van der Waals surface area contributed by atoms with E-state index in [1.54, 1.807) is 4.90 Å². The monoisotopic (exact) mass is 353 g/mol. The SMILES string of the molecule is O=C1CCN(c2cccc3c2C2(CC2)C(=O)N3C2CCC(=O)NC2=O)C1. The van der Waals surface area contributed by atoms with Crippen molar-refractivity contribution in [3.05, 3.63) is 23.8 Å². The molecule has 7 heteroatoms. The van der Waals surface area contributed by atoms with Gasteiger partial charge in [-0.3, -0.25) is 29.4 Å². The van der Waals surface area contributed by atoms with Crippen molar-refractivity contribution in [2.75, 3.05) is 22.9 Å². The maximum Gasteiger partial charge on any atom is 0.249 e. The van der Waals surface area contributed by atoms with Crippen molar-refractivity contribution < 1.29 is 19.2 Å². The van der Waals surface area contributed by atoms with E-state index in [9.17, 15) is 19.2 Å². The van der Waals surface area contributed by atoms with Crippen LogP contribution < -0.4 is 15.1 Å². The van der Waals surface area contributed by atoms with Crippen LogP contribution in [0, 0.1) is 0 Å². The molecule has 26 heavy (non-hydrogen) atoms. The second-order valence-electron chi connectivity index (χ2n) is 7.61. The Balaban J connectivity index is 1.60. The summed E-state index contributed by atoms with van der Waals surface area (Å²) in [6.07, 6.45) is 2.64. The van der Waals surface area contributed by atoms with Crippen LogP contribution in [-0.2, 0) is 24.6 Å². The Morgan fingerprint density at radius 3 is 2.46 bits per heavy atom. The highest BCUT2D eigenvalue weighted by molar-refractivity contribution is 6.16. The Morgan fingerprint density at radius 2 is 1.81 bits per heavy atom. The van der Waals surface area contributed by atoms with Crippen LogP contribution in [0.15, 0.2) is 18.2 Å². The number of Topliss-reactive ketones (excluding diaryl/α,β-unsaturated/α-hetero) is 1. The van der Waals surface area contributed by atoms with E-state index in [1.807, 2.05) is 23.1 Å². The van der Waals surface area contributed by atoms with Crippen molar-refractivity contribution in [3.8, 4) is 0 Å². The summed E-state index contributed by atoms with van der Waals surface area (Å²) in [6, 6.07) is 5.09. The van der Waals surface area contributed by atoms with Gasteiger partial charge in [-0.25, -0.2) is 0 Å². The standard InChI is InChI=1S/C19H19N3O4/c23-11-6-9-21(10-11)12-2-1-3-13-16(12)19(7-8-19)18(26)22(13)14-4-5-15(24)20-17(14)25/h1-3,14H,4-10H2,(H,20,24,25). The first-order valence-corrected chi connectivity index (χ1v) is 9.09. The number of fused-ring (bicyclic) bond motifs is 2. The molecule has 134 valence electrons. The van der Waals surface area contributed by atoms with E-state index in [4.69, 9.17) is 0 Å². The fourth-order valence-electron chi connectivity index (χ4n) is 4.59. The van der Waals surface area contributed by atoms with Crippen molar-refractivity contribution in [1.29, 1.82) is 0 Å². The van der Waals surface area contributed by atoms with E-state index in [1.165, 1.54) is 0 Å². The van der Waals surface area contributed by atoms with Gasteiger partial charge < -0.3 is 4.90 Å². The zero-order valence-electron chi connectivity index (χ0n) is 14.3. The number of hydrogen-bond acceptors (Lipinski definition) is 5. The number of rotatable bonds is 2. The van der Waals surface area contributed by atoms with Crippen LogP contribution in [-0.4, -0.2) is 42.6 Å². The van der Waals surface area contributed by atoms with Crippen molar-refractivity contribution in [3.63, 3.8) is 0 Å². The average molecular weight is 353 g/mol. The number of benzene rings is 1. The number of nitrogens with zero attached hydrogens (tertiary/aromatic N) is 2. The lowest BCUT2D eigenvalue weighted by Crippen LogP contribution is -2.54. The minimum Gasteiger partial charge on any atom is -0.363 e. The number of ketones is 1. The van der Waals surface area contributed by atoms with Gasteiger partial charge in [-0.2, -0.15) is 0 Å². The number of piperidine rings is 1. The minimum atomic E-state index is -0.644. The average Bonchev–Trinajstić information content (AvgIpc) is 3.24. The predicted octanol–water partition coefficient (Wildman–Crippen LogP) is 0.649. The number of anilines is 2. The third-order valence-corrected chi connectivity index (χ3v) is 6.03. The summed E-state index contributed by atoms with van der Waals surface area (Å²) in [6.45, 7) is 1.04. The first kappa shape index (κ1) is 15.5. The minimum absolute atomic E-state index is 0.0417. The van der Waals surface area contributed by atoms with Gasteiger partial charge in [-0.1, -0.05) is 6.07 Å². The highest BCUT2D eigenvalue weighted by Crippen LogP contribution is 2.60. The maximum atomic E-state index is 13.3. The summed E-state index contributed by atoms with van der Waals surface area (Å²) in [7, 11) is 0. The van der Waals surface area contributed by atoms with Crippen LogP contribution >= 0.6 is 0 Å². The molecule has 5 rings (SSSR count). The molecule has 0 aromatic heterocycles. The number of carbonyl (C=O) groups excluding carboxylic acids is 4. The summed E-state index contributed by atoms with van der Waals surface area (Å²) in [5.41, 5.74) is 2.11. The van der Waals surface area contributed by atoms with Gasteiger partial charge in [-0.15, -0.1) is 0 Å². The summed E-state index contributed by atoms with van der Waals surface area (Å²) in [5, 5.41) is 2.35. The van der Waals surface area contributed by atoms with Crippen LogP contribution in [0.2, 0.25) is 0 Å². The highest BCUT2D eigenvalue weighted by atomic mass is 16.2. The Hall–Kier alpha value is -2.70. The van der Waals surface area contributed by atoms with Gasteiger partial charge in [0.2, 0.25) is 17.7 Å². The number of nitrogens with one attached hydrogen (secondary N) is 1. The zero-order chi connectivity index (χ0) is 18.1. The Kier molecular flexibility index (Phi) is 3.08. The van der Waals surface area contributed by atoms with Crippen LogP contribution in [0.4, 0.5) is 11.4 Å². The van der Waals surface area contributed by atoms with Gasteiger partial charge in [0.1, 0.15) is 6.04 Å². The topological polar surface area (TPSA) is 86.8 Å². The molecule has 1 unspecified atom stereocenters. The molecular formula is C19H19N3O4. The number of imide groups is 1. The first-order valence-electron chi connectivity index (χ1n) is 9.09. The van der Waals surface area contributed by atoms with Gasteiger partial charge in [0.25, 0.3) is 0 Å². The summed E-state index contributed by atoms with van der Waals surface area (Å²) < 4.78 is 0. The summed E-state index contributed by atoms with van der Waals surface area (Å²) in [5.74, 6) is -0.526. The van der Waals surface area contributed by atoms with E-state index in [-0.39, 0.29) is 24.0 Å². The van der Waals surface area contributed by atoms with E-state index in [0.29, 0.717) is 25.9 Å². The molecule has 4 aliphatic rings. The van der Waals surface area contributed by atoms with Crippen LogP contribution in [0.3, 0.4) is 0 Å². The lowest BCUT2D eigenvalue weighted by molar-refractivity contribution is -0.135. The van der Waals surface area contributed by atoms with E-state index >= 15 is 0 Å². The maximum absolute atomic E-state index is 13.3. The molecule has 0 radical (unpaired) electrons. The quantitative estimate of drug-likeness (QED) is 0.789. The van der Waals surface area contributed by atoms with Gasteiger partial charge in [-0.05, 0) is 31.4 Å². The molecule has 1 N–H and O–H groups in total. The van der Waals surface area contributed by atoms with Crippen molar-refractivity contribution in [2.24, 2.45) is 0 Å². The van der Waals surface area contributed by atoms with Gasteiger partial charge in [0, 0.05) is 30.6 Å². The van der Waals surface area contributed by atoms with Gasteiger partial charge >= 0.3 is 0 Å². The Morgan fingerprint density at radius 1 is 1.04 bits per heavy atom. The molecule has 1 aromatic carbocycles. The molecule has 1 spiro atoms. The number of hydrogen-bond donors (Lipinski definition) is 1. The van der Waals surface area contributed by atoms with E-state index in [2.05, 4.69) is 5.32 Å². The fraction of sp³-hybridized carbons (Fsp3) is 0.474. The first-order chi connectivity index (χ1) is 12.5. The molecule has 1 aromatic rings. The van der Waals surface area contributed by atoms with E-state index < -0.39 is 17.4 Å². The van der Waals surface area contributed by atoms with Crippen molar-refractivity contribution in [1.82, 2.24) is 5.32 Å². The van der Waals surface area contributed by atoms with Gasteiger partial charge in [0.05, 0.1) is 17.6 Å². The lowest BCUT2D eigenvalue weighted by atomic mass is 9.95. The second kappa shape index (κ2) is 5.16. The molecule has 0 bridgehead atoms. The van der Waals surface area contributed by atoms with Crippen molar-refractivity contribution in [2.45, 2.75) is 43.6 Å². The van der Waals surface area contributed by atoms with Crippen LogP contribution in [0.25, 0.3) is 0 Å². The molecular weight excluding hydrogens is 334 g/mol. The largest absolute Gasteiger partial charge is 0.363 e. The summed E-state index contributed by atoms with van der Waals surface area (Å²) in [4.78, 5) is 52.5. The second-order valence-corrected chi connectivity index (χ2v) is 7.61. The highest BCUT2D eigenvalue weighted by Gasteiger charge is 2.62. The molecule has 3 amide bonds. The molecule has 3 aliphatic heterocycles. The predicted molar refractivity (Wildman–Crippen MR) is 92.8 cm³/mol. The molecule has 1 aliphatic carbocycles. The van der Waals surface area contributed by atoms with E-state index in [0.717, 1.165) is 29.8 Å².